The van der Waals surface area contributed by atoms with E-state index in [1.165, 1.54) is 12.1 Å². The molecule has 2 rings (SSSR count). The molecule has 1 aromatic heterocycles. The summed E-state index contributed by atoms with van der Waals surface area (Å²) in [4.78, 5) is 42.4. The lowest BCUT2D eigenvalue weighted by molar-refractivity contribution is -0.384. The lowest BCUT2D eigenvalue weighted by atomic mass is 10.1. The summed E-state index contributed by atoms with van der Waals surface area (Å²) in [6, 6.07) is 2.58. The van der Waals surface area contributed by atoms with Crippen LogP contribution in [-0.4, -0.2) is 21.1 Å². The van der Waals surface area contributed by atoms with E-state index in [2.05, 4.69) is 21.9 Å². The van der Waals surface area contributed by atoms with E-state index in [9.17, 15) is 19.7 Å². The zero-order valence-electron chi connectivity index (χ0n) is 12.8. The van der Waals surface area contributed by atoms with Gasteiger partial charge in [-0.15, -0.1) is 0 Å². The van der Waals surface area contributed by atoms with E-state index in [1.54, 1.807) is 6.21 Å². The minimum absolute atomic E-state index is 0.156. The van der Waals surface area contributed by atoms with Gasteiger partial charge in [0.05, 0.1) is 22.5 Å². The van der Waals surface area contributed by atoms with Gasteiger partial charge in [0.1, 0.15) is 0 Å². The molecule has 0 radical (unpaired) electrons. The molecule has 122 valence electrons. The van der Waals surface area contributed by atoms with E-state index in [1.807, 2.05) is 0 Å². The van der Waals surface area contributed by atoms with Crippen LogP contribution in [0.1, 0.15) is 38.2 Å². The van der Waals surface area contributed by atoms with Crippen molar-refractivity contribution in [2.24, 2.45) is 4.99 Å². The number of hydrogen-bond donors (Lipinski definition) is 2. The van der Waals surface area contributed by atoms with Crippen molar-refractivity contribution >= 4 is 22.9 Å². The van der Waals surface area contributed by atoms with Crippen LogP contribution in [0.3, 0.4) is 0 Å². The fourth-order valence-corrected chi connectivity index (χ4v) is 2.25. The van der Waals surface area contributed by atoms with Crippen LogP contribution in [0.2, 0.25) is 0 Å². The van der Waals surface area contributed by atoms with Crippen LogP contribution in [0.15, 0.2) is 26.7 Å². The molecule has 0 aliphatic rings. The third-order valence-corrected chi connectivity index (χ3v) is 3.44. The third-order valence-electron chi connectivity index (χ3n) is 3.44. The van der Waals surface area contributed by atoms with Crippen LogP contribution in [0.5, 0.6) is 0 Å². The second kappa shape index (κ2) is 7.48. The summed E-state index contributed by atoms with van der Waals surface area (Å²) < 4.78 is 0. The summed E-state index contributed by atoms with van der Waals surface area (Å²) in [5.41, 5.74) is -0.705. The summed E-state index contributed by atoms with van der Waals surface area (Å²) in [5, 5.41) is 11.0. The van der Waals surface area contributed by atoms with Gasteiger partial charge >= 0.3 is 11.1 Å². The standard InChI is InChI=1S/C15H18N4O4/c1-2-3-4-5-6-16-9-10-7-11(19(22)23)8-12-13(10)18-15(21)14(20)17-12/h6-8H,2-5,9H2,1H3,(H,17,20)(H,18,21). The average molecular weight is 318 g/mol. The second-order valence-corrected chi connectivity index (χ2v) is 5.21. The zero-order chi connectivity index (χ0) is 16.8. The van der Waals surface area contributed by atoms with E-state index < -0.39 is 16.0 Å². The number of nitro groups is 1. The Morgan fingerprint density at radius 1 is 1.22 bits per heavy atom. The van der Waals surface area contributed by atoms with Crippen molar-refractivity contribution in [3.05, 3.63) is 48.5 Å². The molecule has 1 heterocycles. The quantitative estimate of drug-likeness (QED) is 0.267. The lowest BCUT2D eigenvalue weighted by Gasteiger charge is -2.04. The van der Waals surface area contributed by atoms with Crippen molar-refractivity contribution in [1.29, 1.82) is 0 Å². The highest BCUT2D eigenvalue weighted by atomic mass is 16.6. The van der Waals surface area contributed by atoms with Crippen molar-refractivity contribution in [3.8, 4) is 0 Å². The highest BCUT2D eigenvalue weighted by Gasteiger charge is 2.13. The van der Waals surface area contributed by atoms with Crippen molar-refractivity contribution in [1.82, 2.24) is 9.97 Å². The predicted octanol–water partition coefficient (Wildman–Crippen LogP) is 2.28. The number of nitrogens with zero attached hydrogens (tertiary/aromatic N) is 2. The van der Waals surface area contributed by atoms with Crippen molar-refractivity contribution in [2.75, 3.05) is 0 Å². The minimum Gasteiger partial charge on any atom is -0.316 e. The van der Waals surface area contributed by atoms with Gasteiger partial charge in [-0.1, -0.05) is 19.8 Å². The molecule has 0 spiro atoms. The molecule has 23 heavy (non-hydrogen) atoms. The summed E-state index contributed by atoms with van der Waals surface area (Å²) in [6.45, 7) is 2.32. The lowest BCUT2D eigenvalue weighted by Crippen LogP contribution is -2.29. The Morgan fingerprint density at radius 2 is 1.96 bits per heavy atom. The Labute approximate surface area is 131 Å². The number of aliphatic imine (C=N–C) groups is 1. The molecule has 2 aromatic rings. The fraction of sp³-hybridized carbons (Fsp3) is 0.400. The number of hydrogen-bond acceptors (Lipinski definition) is 5. The number of aromatic amines is 2. The maximum atomic E-state index is 11.5. The Kier molecular flexibility index (Phi) is 5.40. The first-order chi connectivity index (χ1) is 11.0. The maximum absolute atomic E-state index is 11.5. The van der Waals surface area contributed by atoms with Gasteiger partial charge in [0.15, 0.2) is 0 Å². The van der Waals surface area contributed by atoms with Gasteiger partial charge in [0.2, 0.25) is 0 Å². The molecule has 2 N–H and O–H groups in total. The number of nitrogens with one attached hydrogen (secondary N) is 2. The molecule has 8 heteroatoms. The molecule has 0 bridgehead atoms. The van der Waals surface area contributed by atoms with Gasteiger partial charge in [0, 0.05) is 17.7 Å². The number of H-pyrrole nitrogens is 2. The molecule has 0 atom stereocenters. The highest BCUT2D eigenvalue weighted by Crippen LogP contribution is 2.22. The van der Waals surface area contributed by atoms with Crippen LogP contribution in [0.4, 0.5) is 5.69 Å². The van der Waals surface area contributed by atoms with Gasteiger partial charge in [-0.05, 0) is 19.1 Å². The Bertz CT molecular complexity index is 851. The van der Waals surface area contributed by atoms with Crippen LogP contribution >= 0.6 is 0 Å². The smallest absolute Gasteiger partial charge is 0.314 e. The monoisotopic (exact) mass is 318 g/mol. The first kappa shape index (κ1) is 16.6. The van der Waals surface area contributed by atoms with E-state index in [0.29, 0.717) is 11.1 Å². The Morgan fingerprint density at radius 3 is 2.65 bits per heavy atom. The van der Waals surface area contributed by atoms with E-state index >= 15 is 0 Å². The van der Waals surface area contributed by atoms with E-state index in [-0.39, 0.29) is 17.7 Å². The van der Waals surface area contributed by atoms with Crippen LogP contribution in [0.25, 0.3) is 11.0 Å². The molecule has 1 aromatic carbocycles. The maximum Gasteiger partial charge on any atom is 0.314 e. The van der Waals surface area contributed by atoms with Crippen molar-refractivity contribution in [3.63, 3.8) is 0 Å². The van der Waals surface area contributed by atoms with Gasteiger partial charge < -0.3 is 9.97 Å². The topological polar surface area (TPSA) is 121 Å². The van der Waals surface area contributed by atoms with Crippen LogP contribution in [-0.2, 0) is 6.54 Å². The fourth-order valence-electron chi connectivity index (χ4n) is 2.25. The SMILES string of the molecule is CCCCCC=NCc1cc([N+](=O)[O-])cc2[nH]c(=O)c(=O)[nH]c12. The summed E-state index contributed by atoms with van der Waals surface area (Å²) in [5.74, 6) is 0. The molecule has 0 aliphatic carbocycles. The number of nitro benzene ring substituents is 1. The number of aromatic nitrogens is 2. The Balaban J connectivity index is 2.36. The summed E-state index contributed by atoms with van der Waals surface area (Å²) in [6.07, 6.45) is 5.91. The van der Waals surface area contributed by atoms with E-state index in [0.717, 1.165) is 25.7 Å². The number of rotatable bonds is 7. The summed E-state index contributed by atoms with van der Waals surface area (Å²) >= 11 is 0. The molecule has 0 amide bonds. The molecule has 0 saturated heterocycles. The van der Waals surface area contributed by atoms with Crippen molar-refractivity contribution in [2.45, 2.75) is 39.2 Å². The molecule has 0 saturated carbocycles. The minimum atomic E-state index is -0.841. The molecular formula is C15H18N4O4. The number of non-ortho nitro benzene ring substituents is 1. The molecular weight excluding hydrogens is 300 g/mol. The van der Waals surface area contributed by atoms with E-state index in [4.69, 9.17) is 0 Å². The second-order valence-electron chi connectivity index (χ2n) is 5.21. The first-order valence-electron chi connectivity index (χ1n) is 7.45. The number of fused-ring (bicyclic) bond motifs is 1. The normalized spacial score (nSPS) is 11.3. The predicted molar refractivity (Wildman–Crippen MR) is 88.2 cm³/mol. The highest BCUT2D eigenvalue weighted by molar-refractivity contribution is 5.80. The first-order valence-corrected chi connectivity index (χ1v) is 7.45. The zero-order valence-corrected chi connectivity index (χ0v) is 12.8. The third kappa shape index (κ3) is 4.12. The average Bonchev–Trinajstić information content (AvgIpc) is 2.51. The summed E-state index contributed by atoms with van der Waals surface area (Å²) in [7, 11) is 0. The number of benzene rings is 1. The van der Waals surface area contributed by atoms with Crippen LogP contribution in [0, 0.1) is 10.1 Å². The van der Waals surface area contributed by atoms with Crippen molar-refractivity contribution < 1.29 is 4.92 Å². The van der Waals surface area contributed by atoms with Gasteiger partial charge in [0.25, 0.3) is 5.69 Å². The molecule has 0 unspecified atom stereocenters. The Hall–Kier alpha value is -2.77. The van der Waals surface area contributed by atoms with Gasteiger partial charge in [-0.3, -0.25) is 24.7 Å². The van der Waals surface area contributed by atoms with Gasteiger partial charge in [-0.25, -0.2) is 0 Å². The van der Waals surface area contributed by atoms with Crippen LogP contribution < -0.4 is 11.1 Å². The largest absolute Gasteiger partial charge is 0.316 e. The molecule has 0 aliphatic heterocycles. The number of unbranched alkanes of at least 4 members (excludes halogenated alkanes) is 3. The van der Waals surface area contributed by atoms with Gasteiger partial charge in [-0.2, -0.15) is 0 Å². The molecule has 8 nitrogen and oxygen atoms in total. The molecule has 0 fully saturated rings.